The Morgan fingerprint density at radius 1 is 1.33 bits per heavy atom. The zero-order valence-electron chi connectivity index (χ0n) is 9.75. The van der Waals surface area contributed by atoms with Gasteiger partial charge in [-0.2, -0.15) is 13.2 Å². The van der Waals surface area contributed by atoms with E-state index in [1.807, 2.05) is 0 Å². The van der Waals surface area contributed by atoms with Crippen LogP contribution in [0.3, 0.4) is 0 Å². The average Bonchev–Trinajstić information content (AvgIpc) is 2.24. The average molecular weight is 325 g/mol. The Kier molecular flexibility index (Phi) is 3.14. The van der Waals surface area contributed by atoms with E-state index in [1.165, 1.54) is 6.07 Å². The van der Waals surface area contributed by atoms with Gasteiger partial charge in [-0.05, 0) is 32.0 Å². The van der Waals surface area contributed by atoms with Gasteiger partial charge in [-0.1, -0.05) is 15.9 Å². The molecule has 0 saturated carbocycles. The number of aliphatic hydroxyl groups is 1. The van der Waals surface area contributed by atoms with E-state index in [4.69, 9.17) is 4.74 Å². The van der Waals surface area contributed by atoms with Crippen LogP contribution in [0.15, 0.2) is 18.2 Å². The second-order valence-corrected chi connectivity index (χ2v) is 5.79. The predicted molar refractivity (Wildman–Crippen MR) is 63.8 cm³/mol. The van der Waals surface area contributed by atoms with Crippen LogP contribution in [0.4, 0.5) is 13.2 Å². The summed E-state index contributed by atoms with van der Waals surface area (Å²) < 4.78 is 43.4. The Bertz CT molecular complexity index is 471. The van der Waals surface area contributed by atoms with Crippen LogP contribution in [-0.2, 0) is 6.18 Å². The fourth-order valence-electron chi connectivity index (χ4n) is 1.93. The molecule has 1 heterocycles. The van der Waals surface area contributed by atoms with Gasteiger partial charge in [-0.3, -0.25) is 0 Å². The van der Waals surface area contributed by atoms with Crippen molar-refractivity contribution < 1.29 is 23.0 Å². The molecule has 1 aromatic carbocycles. The van der Waals surface area contributed by atoms with E-state index in [-0.39, 0.29) is 11.3 Å². The maximum Gasteiger partial charge on any atom is 0.416 e. The molecule has 0 aromatic heterocycles. The SMILES string of the molecule is CC1(C)Oc2ccc(C(F)(F)F)cc2[C@H](O)[C@H]1Br. The first kappa shape index (κ1) is 13.7. The van der Waals surface area contributed by atoms with E-state index in [2.05, 4.69) is 15.9 Å². The normalized spacial score (nSPS) is 26.4. The summed E-state index contributed by atoms with van der Waals surface area (Å²) in [7, 11) is 0. The third kappa shape index (κ3) is 2.23. The molecule has 1 aliphatic rings. The van der Waals surface area contributed by atoms with Crippen molar-refractivity contribution in [3.63, 3.8) is 0 Å². The van der Waals surface area contributed by atoms with Crippen LogP contribution < -0.4 is 4.74 Å². The first-order valence-electron chi connectivity index (χ1n) is 5.35. The molecule has 18 heavy (non-hydrogen) atoms. The minimum atomic E-state index is -4.43. The summed E-state index contributed by atoms with van der Waals surface area (Å²) in [6, 6.07) is 3.14. The second-order valence-electron chi connectivity index (χ2n) is 4.80. The van der Waals surface area contributed by atoms with Crippen LogP contribution in [0.2, 0.25) is 0 Å². The zero-order chi connectivity index (χ0) is 13.7. The molecule has 0 saturated heterocycles. The van der Waals surface area contributed by atoms with E-state index < -0.39 is 28.3 Å². The highest BCUT2D eigenvalue weighted by atomic mass is 79.9. The molecule has 1 aliphatic heterocycles. The standard InChI is InChI=1S/C12H12BrF3O2/c1-11(2)10(13)9(17)7-5-6(12(14,15)16)3-4-8(7)18-11/h3-5,9-10,17H,1-2H3/t9-,10+/m0/s1. The summed E-state index contributed by atoms with van der Waals surface area (Å²) in [6.45, 7) is 3.52. The number of rotatable bonds is 0. The van der Waals surface area contributed by atoms with Gasteiger partial charge < -0.3 is 9.84 Å². The van der Waals surface area contributed by atoms with Crippen molar-refractivity contribution in [1.29, 1.82) is 0 Å². The smallest absolute Gasteiger partial charge is 0.416 e. The minimum absolute atomic E-state index is 0.158. The summed E-state index contributed by atoms with van der Waals surface area (Å²) in [5, 5.41) is 10.1. The Morgan fingerprint density at radius 2 is 1.94 bits per heavy atom. The summed E-state index contributed by atoms with van der Waals surface area (Å²) in [5.74, 6) is 0.288. The second kappa shape index (κ2) is 4.13. The van der Waals surface area contributed by atoms with Crippen molar-refractivity contribution in [3.05, 3.63) is 29.3 Å². The van der Waals surface area contributed by atoms with E-state index >= 15 is 0 Å². The molecule has 1 N–H and O–H groups in total. The lowest BCUT2D eigenvalue weighted by atomic mass is 9.90. The summed E-state index contributed by atoms with van der Waals surface area (Å²) in [4.78, 5) is -0.471. The lowest BCUT2D eigenvalue weighted by Crippen LogP contribution is -2.45. The van der Waals surface area contributed by atoms with Gasteiger partial charge in [-0.15, -0.1) is 0 Å². The number of hydrogen-bond donors (Lipinski definition) is 1. The molecule has 2 atom stereocenters. The first-order valence-corrected chi connectivity index (χ1v) is 6.27. The number of benzene rings is 1. The number of ether oxygens (including phenoxy) is 1. The summed E-state index contributed by atoms with van der Waals surface area (Å²) >= 11 is 3.26. The van der Waals surface area contributed by atoms with Gasteiger partial charge in [0.2, 0.25) is 0 Å². The molecular weight excluding hydrogens is 313 g/mol. The monoisotopic (exact) mass is 324 g/mol. The molecule has 1 aromatic rings. The Balaban J connectivity index is 2.49. The van der Waals surface area contributed by atoms with E-state index in [0.29, 0.717) is 0 Å². The molecule has 2 rings (SSSR count). The molecule has 0 fully saturated rings. The molecule has 0 radical (unpaired) electrons. The fourth-order valence-corrected chi connectivity index (χ4v) is 2.30. The first-order chi connectivity index (χ1) is 8.13. The third-order valence-electron chi connectivity index (χ3n) is 2.97. The van der Waals surface area contributed by atoms with Crippen molar-refractivity contribution in [2.24, 2.45) is 0 Å². The largest absolute Gasteiger partial charge is 0.486 e. The van der Waals surface area contributed by atoms with Gasteiger partial charge in [0.25, 0.3) is 0 Å². The van der Waals surface area contributed by atoms with Crippen LogP contribution in [0, 0.1) is 0 Å². The van der Waals surface area contributed by atoms with Gasteiger partial charge in [0.05, 0.1) is 16.5 Å². The number of hydrogen-bond acceptors (Lipinski definition) is 2. The summed E-state index contributed by atoms with van der Waals surface area (Å²) in [6.07, 6.45) is -5.46. The maximum absolute atomic E-state index is 12.6. The Morgan fingerprint density at radius 3 is 2.50 bits per heavy atom. The van der Waals surface area contributed by atoms with Crippen molar-refractivity contribution >= 4 is 15.9 Å². The van der Waals surface area contributed by atoms with Crippen molar-refractivity contribution in [2.45, 2.75) is 36.6 Å². The third-order valence-corrected chi connectivity index (χ3v) is 4.57. The lowest BCUT2D eigenvalue weighted by Gasteiger charge is -2.40. The van der Waals surface area contributed by atoms with Crippen LogP contribution in [0.1, 0.15) is 31.1 Å². The molecule has 0 aliphatic carbocycles. The molecule has 2 nitrogen and oxygen atoms in total. The van der Waals surface area contributed by atoms with Crippen LogP contribution in [-0.4, -0.2) is 15.5 Å². The van der Waals surface area contributed by atoms with Crippen LogP contribution in [0.25, 0.3) is 0 Å². The van der Waals surface area contributed by atoms with E-state index in [9.17, 15) is 18.3 Å². The van der Waals surface area contributed by atoms with Gasteiger partial charge in [-0.25, -0.2) is 0 Å². The van der Waals surface area contributed by atoms with E-state index in [1.54, 1.807) is 13.8 Å². The molecular formula is C12H12BrF3O2. The highest BCUT2D eigenvalue weighted by molar-refractivity contribution is 9.09. The molecule has 100 valence electrons. The molecule has 0 spiro atoms. The van der Waals surface area contributed by atoms with Crippen LogP contribution in [0.5, 0.6) is 5.75 Å². The number of aliphatic hydroxyl groups excluding tert-OH is 1. The number of halogens is 4. The fraction of sp³-hybridized carbons (Fsp3) is 0.500. The maximum atomic E-state index is 12.6. The molecule has 0 amide bonds. The van der Waals surface area contributed by atoms with Crippen molar-refractivity contribution in [1.82, 2.24) is 0 Å². The topological polar surface area (TPSA) is 29.5 Å². The molecule has 0 bridgehead atoms. The van der Waals surface area contributed by atoms with Gasteiger partial charge in [0.15, 0.2) is 0 Å². The Labute approximate surface area is 111 Å². The number of fused-ring (bicyclic) bond motifs is 1. The van der Waals surface area contributed by atoms with Crippen LogP contribution >= 0.6 is 15.9 Å². The van der Waals surface area contributed by atoms with Gasteiger partial charge >= 0.3 is 6.18 Å². The van der Waals surface area contributed by atoms with Crippen molar-refractivity contribution in [3.8, 4) is 5.75 Å². The quantitative estimate of drug-likeness (QED) is 0.738. The van der Waals surface area contributed by atoms with Crippen molar-refractivity contribution in [2.75, 3.05) is 0 Å². The highest BCUT2D eigenvalue weighted by Crippen LogP contribution is 2.45. The zero-order valence-corrected chi connectivity index (χ0v) is 11.3. The van der Waals surface area contributed by atoms with Gasteiger partial charge in [0.1, 0.15) is 11.4 Å². The van der Waals surface area contributed by atoms with E-state index in [0.717, 1.165) is 12.1 Å². The van der Waals surface area contributed by atoms with Gasteiger partial charge in [0, 0.05) is 5.56 Å². The number of alkyl halides is 4. The highest BCUT2D eigenvalue weighted by Gasteiger charge is 2.43. The predicted octanol–water partition coefficient (Wildman–Crippen LogP) is 3.67. The lowest BCUT2D eigenvalue weighted by molar-refractivity contribution is -0.137. The minimum Gasteiger partial charge on any atom is -0.486 e. The Hall–Kier alpha value is -0.750. The molecule has 0 unspecified atom stereocenters. The molecule has 6 heteroatoms. The summed E-state index contributed by atoms with van der Waals surface area (Å²) in [5.41, 5.74) is -1.32.